The van der Waals surface area contributed by atoms with Gasteiger partial charge in [-0.15, -0.1) is 0 Å². The van der Waals surface area contributed by atoms with E-state index in [1.807, 2.05) is 13.0 Å². The van der Waals surface area contributed by atoms with E-state index < -0.39 is 0 Å². The Morgan fingerprint density at radius 1 is 1.29 bits per heavy atom. The maximum absolute atomic E-state index is 5.74. The first-order chi connectivity index (χ1) is 8.15. The van der Waals surface area contributed by atoms with E-state index in [-0.39, 0.29) is 5.95 Å². The van der Waals surface area contributed by atoms with Gasteiger partial charge in [-0.3, -0.25) is 5.10 Å². The van der Waals surface area contributed by atoms with Gasteiger partial charge in [0, 0.05) is 11.8 Å². The summed E-state index contributed by atoms with van der Waals surface area (Å²) in [5, 5.41) is 11.8. The number of anilines is 2. The maximum atomic E-state index is 5.74. The van der Waals surface area contributed by atoms with Gasteiger partial charge in [0.05, 0.1) is 11.6 Å². The molecule has 0 saturated heterocycles. The van der Waals surface area contributed by atoms with Crippen LogP contribution in [0.2, 0.25) is 0 Å². The summed E-state index contributed by atoms with van der Waals surface area (Å²) in [6.45, 7) is 1.90. The quantitative estimate of drug-likeness (QED) is 0.541. The van der Waals surface area contributed by atoms with Crippen LogP contribution in [0, 0.1) is 6.92 Å². The molecular weight excluding hydrogens is 220 g/mol. The number of nitrogens with two attached hydrogens (primary N) is 2. The Morgan fingerprint density at radius 2 is 2.12 bits per heavy atom. The van der Waals surface area contributed by atoms with Gasteiger partial charge in [-0.05, 0) is 6.92 Å². The van der Waals surface area contributed by atoms with Gasteiger partial charge in [0.15, 0.2) is 11.5 Å². The molecule has 8 heteroatoms. The van der Waals surface area contributed by atoms with Crippen molar-refractivity contribution in [2.45, 2.75) is 6.92 Å². The largest absolute Gasteiger partial charge is 0.383 e. The van der Waals surface area contributed by atoms with Crippen LogP contribution in [0.25, 0.3) is 16.9 Å². The predicted molar refractivity (Wildman–Crippen MR) is 62.4 cm³/mol. The molecule has 3 rings (SSSR count). The van der Waals surface area contributed by atoms with Crippen LogP contribution in [0.5, 0.6) is 0 Å². The molecule has 0 aliphatic heterocycles. The van der Waals surface area contributed by atoms with Crippen LogP contribution < -0.4 is 11.5 Å². The SMILES string of the molecule is Cc1cc(-n2ncc3c(N)nc(N)nc32)n[nH]1. The van der Waals surface area contributed by atoms with Crippen LogP contribution in [0.3, 0.4) is 0 Å². The summed E-state index contributed by atoms with van der Waals surface area (Å²) in [5.74, 6) is 1.06. The number of H-pyrrole nitrogens is 1. The summed E-state index contributed by atoms with van der Waals surface area (Å²) in [5.41, 5.74) is 12.8. The molecule has 0 bridgehead atoms. The molecule has 5 N–H and O–H groups in total. The molecule has 0 aliphatic rings. The molecule has 0 radical (unpaired) electrons. The standard InChI is InChI=1S/C9H10N8/c1-4-2-6(16-15-4)17-8-5(3-12-17)7(10)13-9(11)14-8/h2-3H,1H3,(H,15,16)(H4,10,11,13,14). The lowest BCUT2D eigenvalue weighted by Crippen LogP contribution is -2.03. The Morgan fingerprint density at radius 3 is 2.82 bits per heavy atom. The topological polar surface area (TPSA) is 124 Å². The number of nitrogen functional groups attached to an aromatic ring is 2. The van der Waals surface area contributed by atoms with Crippen molar-refractivity contribution in [2.75, 3.05) is 11.5 Å². The maximum Gasteiger partial charge on any atom is 0.224 e. The number of nitrogens with zero attached hydrogens (tertiary/aromatic N) is 5. The third kappa shape index (κ3) is 1.38. The van der Waals surface area contributed by atoms with E-state index in [0.717, 1.165) is 5.69 Å². The molecule has 0 fully saturated rings. The highest BCUT2D eigenvalue weighted by Crippen LogP contribution is 2.20. The lowest BCUT2D eigenvalue weighted by molar-refractivity contribution is 0.849. The molecule has 8 nitrogen and oxygen atoms in total. The highest BCUT2D eigenvalue weighted by Gasteiger charge is 2.12. The van der Waals surface area contributed by atoms with Crippen LogP contribution in [-0.2, 0) is 0 Å². The van der Waals surface area contributed by atoms with Gasteiger partial charge in [0.2, 0.25) is 5.95 Å². The Labute approximate surface area is 95.7 Å². The zero-order chi connectivity index (χ0) is 12.0. The van der Waals surface area contributed by atoms with Gasteiger partial charge >= 0.3 is 0 Å². The van der Waals surface area contributed by atoms with Gasteiger partial charge in [0.1, 0.15) is 5.82 Å². The van der Waals surface area contributed by atoms with Gasteiger partial charge in [0.25, 0.3) is 0 Å². The van der Waals surface area contributed by atoms with Gasteiger partial charge in [-0.2, -0.15) is 24.8 Å². The Kier molecular flexibility index (Phi) is 1.79. The molecule has 3 aromatic heterocycles. The lowest BCUT2D eigenvalue weighted by atomic mass is 10.4. The lowest BCUT2D eigenvalue weighted by Gasteiger charge is -1.99. The zero-order valence-corrected chi connectivity index (χ0v) is 9.05. The molecular formula is C9H10N8. The van der Waals surface area contributed by atoms with Crippen molar-refractivity contribution in [3.8, 4) is 5.82 Å². The van der Waals surface area contributed by atoms with E-state index in [0.29, 0.717) is 22.7 Å². The van der Waals surface area contributed by atoms with E-state index in [9.17, 15) is 0 Å². The van der Waals surface area contributed by atoms with Crippen molar-refractivity contribution in [3.05, 3.63) is 18.0 Å². The van der Waals surface area contributed by atoms with E-state index in [4.69, 9.17) is 11.5 Å². The molecule has 0 aliphatic carbocycles. The van der Waals surface area contributed by atoms with Crippen LogP contribution in [0.1, 0.15) is 5.69 Å². The first-order valence-electron chi connectivity index (χ1n) is 4.94. The number of hydrogen-bond acceptors (Lipinski definition) is 6. The minimum absolute atomic E-state index is 0.115. The number of hydrogen-bond donors (Lipinski definition) is 3. The van der Waals surface area contributed by atoms with E-state index in [2.05, 4.69) is 25.3 Å². The van der Waals surface area contributed by atoms with Gasteiger partial charge in [-0.25, -0.2) is 0 Å². The molecule has 0 saturated carbocycles. The van der Waals surface area contributed by atoms with Crippen LogP contribution in [-0.4, -0.2) is 29.9 Å². The van der Waals surface area contributed by atoms with Crippen molar-refractivity contribution >= 4 is 22.8 Å². The van der Waals surface area contributed by atoms with E-state index >= 15 is 0 Å². The Balaban J connectivity index is 2.31. The summed E-state index contributed by atoms with van der Waals surface area (Å²) >= 11 is 0. The van der Waals surface area contributed by atoms with Crippen LogP contribution >= 0.6 is 0 Å². The molecule has 0 amide bonds. The van der Waals surface area contributed by atoms with E-state index in [1.165, 1.54) is 0 Å². The number of aromatic amines is 1. The molecule has 0 aromatic carbocycles. The first-order valence-corrected chi connectivity index (χ1v) is 4.94. The molecule has 0 spiro atoms. The van der Waals surface area contributed by atoms with Gasteiger partial charge < -0.3 is 11.5 Å². The monoisotopic (exact) mass is 230 g/mol. The number of aromatic nitrogens is 6. The average molecular weight is 230 g/mol. The van der Waals surface area contributed by atoms with E-state index in [1.54, 1.807) is 10.9 Å². The fraction of sp³-hybridized carbons (Fsp3) is 0.111. The summed E-state index contributed by atoms with van der Waals surface area (Å²) in [7, 11) is 0. The van der Waals surface area contributed by atoms with Crippen LogP contribution in [0.4, 0.5) is 11.8 Å². The smallest absolute Gasteiger partial charge is 0.224 e. The van der Waals surface area contributed by atoms with Crippen molar-refractivity contribution in [1.29, 1.82) is 0 Å². The fourth-order valence-electron chi connectivity index (χ4n) is 1.63. The molecule has 86 valence electrons. The second-order valence-electron chi connectivity index (χ2n) is 3.67. The minimum atomic E-state index is 0.115. The normalized spacial score (nSPS) is 11.1. The second kappa shape index (κ2) is 3.17. The number of fused-ring (bicyclic) bond motifs is 1. The first kappa shape index (κ1) is 9.58. The third-order valence-electron chi connectivity index (χ3n) is 2.38. The van der Waals surface area contributed by atoms with Gasteiger partial charge in [-0.1, -0.05) is 0 Å². The van der Waals surface area contributed by atoms with Crippen molar-refractivity contribution in [3.63, 3.8) is 0 Å². The summed E-state index contributed by atoms with van der Waals surface area (Å²) < 4.78 is 1.56. The van der Waals surface area contributed by atoms with Crippen molar-refractivity contribution in [2.24, 2.45) is 0 Å². The Bertz CT molecular complexity index is 694. The number of nitrogens with one attached hydrogen (secondary N) is 1. The molecule has 0 unspecified atom stereocenters. The summed E-state index contributed by atoms with van der Waals surface area (Å²) in [4.78, 5) is 7.99. The Hall–Kier alpha value is -2.64. The molecule has 0 atom stereocenters. The summed E-state index contributed by atoms with van der Waals surface area (Å²) in [6, 6.07) is 1.85. The fourth-order valence-corrected chi connectivity index (χ4v) is 1.63. The average Bonchev–Trinajstić information content (AvgIpc) is 2.83. The highest BCUT2D eigenvalue weighted by molar-refractivity contribution is 5.86. The number of aryl methyl sites for hydroxylation is 1. The second-order valence-corrected chi connectivity index (χ2v) is 3.67. The third-order valence-corrected chi connectivity index (χ3v) is 2.38. The molecule has 3 aromatic rings. The van der Waals surface area contributed by atoms with Crippen molar-refractivity contribution in [1.82, 2.24) is 29.9 Å². The minimum Gasteiger partial charge on any atom is -0.383 e. The molecule has 17 heavy (non-hydrogen) atoms. The van der Waals surface area contributed by atoms with Crippen molar-refractivity contribution < 1.29 is 0 Å². The van der Waals surface area contributed by atoms with Crippen LogP contribution in [0.15, 0.2) is 12.3 Å². The summed E-state index contributed by atoms with van der Waals surface area (Å²) in [6.07, 6.45) is 1.59. The highest BCUT2D eigenvalue weighted by atomic mass is 15.4. The zero-order valence-electron chi connectivity index (χ0n) is 9.05. The molecule has 3 heterocycles. The number of rotatable bonds is 1. The predicted octanol–water partition coefficient (Wildman–Crippen LogP) is 0.0114.